The zero-order valence-corrected chi connectivity index (χ0v) is 12.1. The summed E-state index contributed by atoms with van der Waals surface area (Å²) in [5, 5.41) is 20.1. The van der Waals surface area contributed by atoms with Gasteiger partial charge in [-0.1, -0.05) is 6.07 Å². The lowest BCUT2D eigenvalue weighted by Crippen LogP contribution is -2.41. The average molecular weight is 309 g/mol. The van der Waals surface area contributed by atoms with E-state index in [9.17, 15) is 9.59 Å². The van der Waals surface area contributed by atoms with Gasteiger partial charge < -0.3 is 15.2 Å². The van der Waals surface area contributed by atoms with Crippen LogP contribution in [0.4, 0.5) is 0 Å². The van der Waals surface area contributed by atoms with Crippen LogP contribution in [0.2, 0.25) is 0 Å². The van der Waals surface area contributed by atoms with Crippen molar-refractivity contribution in [2.45, 2.75) is 12.5 Å². The topological polar surface area (TPSA) is 104 Å². The molecule has 0 aliphatic carbocycles. The maximum absolute atomic E-state index is 12.0. The number of hydrogen-bond acceptors (Lipinski definition) is 5. The first-order chi connectivity index (χ1) is 10.1. The van der Waals surface area contributed by atoms with Gasteiger partial charge in [-0.2, -0.15) is 5.10 Å². The van der Waals surface area contributed by atoms with E-state index in [1.54, 1.807) is 6.07 Å². The lowest BCUT2D eigenvalue weighted by molar-refractivity contribution is -0.139. The van der Waals surface area contributed by atoms with E-state index in [1.165, 1.54) is 18.4 Å². The fourth-order valence-electron chi connectivity index (χ4n) is 1.72. The Bertz CT molecular complexity index is 609. The third-order valence-corrected chi connectivity index (χ3v) is 3.71. The maximum Gasteiger partial charge on any atom is 0.326 e. The van der Waals surface area contributed by atoms with Crippen molar-refractivity contribution in [2.24, 2.45) is 0 Å². The number of ether oxygens (including phenoxy) is 1. The van der Waals surface area contributed by atoms with E-state index < -0.39 is 17.9 Å². The Hall–Kier alpha value is -2.19. The van der Waals surface area contributed by atoms with E-state index in [-0.39, 0.29) is 18.7 Å². The van der Waals surface area contributed by atoms with Crippen LogP contribution in [0, 0.1) is 0 Å². The monoisotopic (exact) mass is 309 g/mol. The number of nitrogens with zero attached hydrogens (tertiary/aromatic N) is 1. The highest BCUT2D eigenvalue weighted by Gasteiger charge is 2.21. The molecule has 1 amide bonds. The summed E-state index contributed by atoms with van der Waals surface area (Å²) < 4.78 is 4.83. The minimum Gasteiger partial charge on any atom is -0.480 e. The van der Waals surface area contributed by atoms with Gasteiger partial charge in [0, 0.05) is 20.1 Å². The first kappa shape index (κ1) is 15.2. The van der Waals surface area contributed by atoms with E-state index in [4.69, 9.17) is 9.84 Å². The van der Waals surface area contributed by atoms with Gasteiger partial charge >= 0.3 is 5.97 Å². The molecule has 3 N–H and O–H groups in total. The Kier molecular flexibility index (Phi) is 5.07. The van der Waals surface area contributed by atoms with E-state index in [0.29, 0.717) is 0 Å². The van der Waals surface area contributed by atoms with Crippen molar-refractivity contribution in [3.8, 4) is 10.6 Å². The molecule has 2 heterocycles. The van der Waals surface area contributed by atoms with Crippen molar-refractivity contribution in [1.29, 1.82) is 0 Å². The highest BCUT2D eigenvalue weighted by atomic mass is 32.1. The van der Waals surface area contributed by atoms with Gasteiger partial charge in [0.05, 0.1) is 10.6 Å². The molecule has 0 aliphatic heterocycles. The Balaban J connectivity index is 2.04. The van der Waals surface area contributed by atoms with Crippen molar-refractivity contribution >= 4 is 23.2 Å². The molecule has 0 spiro atoms. The number of aromatic nitrogens is 2. The molecule has 7 nitrogen and oxygen atoms in total. The van der Waals surface area contributed by atoms with Crippen molar-refractivity contribution in [3.63, 3.8) is 0 Å². The van der Waals surface area contributed by atoms with Crippen LogP contribution >= 0.6 is 11.3 Å². The molecule has 0 aliphatic rings. The molecule has 112 valence electrons. The minimum absolute atomic E-state index is 0.155. The van der Waals surface area contributed by atoms with Crippen LogP contribution in [0.1, 0.15) is 16.9 Å². The Morgan fingerprint density at radius 2 is 2.38 bits per heavy atom. The number of H-pyrrole nitrogens is 1. The summed E-state index contributed by atoms with van der Waals surface area (Å²) in [5.74, 6) is -1.63. The molecule has 0 bridgehead atoms. The first-order valence-corrected chi connectivity index (χ1v) is 7.11. The van der Waals surface area contributed by atoms with Gasteiger partial charge in [0.1, 0.15) is 6.04 Å². The molecule has 0 saturated heterocycles. The number of carboxylic acids is 1. The van der Waals surface area contributed by atoms with Crippen LogP contribution in [0.25, 0.3) is 10.6 Å². The van der Waals surface area contributed by atoms with Crippen LogP contribution in [-0.4, -0.2) is 46.9 Å². The zero-order valence-electron chi connectivity index (χ0n) is 11.3. The number of hydrogen-bond donors (Lipinski definition) is 3. The SMILES string of the molecule is COCCC(NC(=O)c1cc(-c2cccs2)[nH]n1)C(=O)O. The highest BCUT2D eigenvalue weighted by molar-refractivity contribution is 7.13. The largest absolute Gasteiger partial charge is 0.480 e. The summed E-state index contributed by atoms with van der Waals surface area (Å²) in [6.45, 7) is 0.248. The van der Waals surface area contributed by atoms with E-state index in [2.05, 4.69) is 15.5 Å². The van der Waals surface area contributed by atoms with Crippen LogP contribution in [-0.2, 0) is 9.53 Å². The van der Waals surface area contributed by atoms with Gasteiger partial charge in [-0.05, 0) is 17.5 Å². The van der Waals surface area contributed by atoms with Crippen LogP contribution in [0.5, 0.6) is 0 Å². The number of thiophene rings is 1. The summed E-state index contributed by atoms with van der Waals surface area (Å²) >= 11 is 1.52. The third-order valence-electron chi connectivity index (χ3n) is 2.81. The predicted octanol–water partition coefficient (Wildman–Crippen LogP) is 1.36. The fraction of sp³-hybridized carbons (Fsp3) is 0.308. The number of nitrogens with one attached hydrogen (secondary N) is 2. The maximum atomic E-state index is 12.0. The number of aliphatic carboxylic acids is 1. The summed E-state index contributed by atoms with van der Waals surface area (Å²) in [6, 6.07) is 4.39. The Morgan fingerprint density at radius 1 is 1.57 bits per heavy atom. The first-order valence-electron chi connectivity index (χ1n) is 6.23. The number of rotatable bonds is 7. The fourth-order valence-corrected chi connectivity index (χ4v) is 2.41. The molecule has 0 saturated carbocycles. The van der Waals surface area contributed by atoms with Crippen LogP contribution in [0.3, 0.4) is 0 Å². The lowest BCUT2D eigenvalue weighted by Gasteiger charge is -2.12. The van der Waals surface area contributed by atoms with Gasteiger partial charge in [-0.15, -0.1) is 11.3 Å². The Morgan fingerprint density at radius 3 is 3.00 bits per heavy atom. The molecule has 1 atom stereocenters. The summed E-state index contributed by atoms with van der Waals surface area (Å²) in [7, 11) is 1.47. The van der Waals surface area contributed by atoms with E-state index in [0.717, 1.165) is 10.6 Å². The Labute approximate surface area is 124 Å². The van der Waals surface area contributed by atoms with Gasteiger partial charge in [0.2, 0.25) is 0 Å². The molecule has 0 aromatic carbocycles. The molecule has 8 heteroatoms. The van der Waals surface area contributed by atoms with Crippen LogP contribution < -0.4 is 5.32 Å². The number of methoxy groups -OCH3 is 1. The standard InChI is InChI=1S/C13H15N3O4S/c1-20-5-4-8(13(18)19)14-12(17)10-7-9(15-16-10)11-3-2-6-21-11/h2-3,6-8H,4-5H2,1H3,(H,14,17)(H,15,16)(H,18,19). The van der Waals surface area contributed by atoms with E-state index in [1.807, 2.05) is 17.5 Å². The summed E-state index contributed by atoms with van der Waals surface area (Å²) in [4.78, 5) is 24.0. The summed E-state index contributed by atoms with van der Waals surface area (Å²) in [5.41, 5.74) is 0.876. The number of amides is 1. The predicted molar refractivity (Wildman–Crippen MR) is 77.3 cm³/mol. The second-order valence-corrected chi connectivity index (χ2v) is 5.24. The van der Waals surface area contributed by atoms with Crippen molar-refractivity contribution in [2.75, 3.05) is 13.7 Å². The quantitative estimate of drug-likeness (QED) is 0.716. The minimum atomic E-state index is -1.10. The normalized spacial score (nSPS) is 12.0. The number of aromatic amines is 1. The van der Waals surface area contributed by atoms with Crippen molar-refractivity contribution in [1.82, 2.24) is 15.5 Å². The molecular weight excluding hydrogens is 294 g/mol. The van der Waals surface area contributed by atoms with Gasteiger partial charge in [0.15, 0.2) is 5.69 Å². The molecule has 1 unspecified atom stereocenters. The number of carbonyl (C=O) groups is 2. The number of carboxylic acid groups (broad SMARTS) is 1. The third kappa shape index (κ3) is 3.89. The molecule has 2 aromatic rings. The second kappa shape index (κ2) is 7.00. The summed E-state index contributed by atoms with van der Waals surface area (Å²) in [6.07, 6.45) is 0.194. The van der Waals surface area contributed by atoms with Crippen molar-refractivity contribution < 1.29 is 19.4 Å². The molecule has 0 radical (unpaired) electrons. The average Bonchev–Trinajstić information content (AvgIpc) is 3.12. The lowest BCUT2D eigenvalue weighted by atomic mass is 10.2. The van der Waals surface area contributed by atoms with Gasteiger partial charge in [0.25, 0.3) is 5.91 Å². The molecule has 21 heavy (non-hydrogen) atoms. The molecule has 0 fully saturated rings. The number of carbonyl (C=O) groups excluding carboxylic acids is 1. The smallest absolute Gasteiger partial charge is 0.326 e. The van der Waals surface area contributed by atoms with Gasteiger partial charge in [-0.3, -0.25) is 9.89 Å². The van der Waals surface area contributed by atoms with E-state index >= 15 is 0 Å². The zero-order chi connectivity index (χ0) is 15.2. The van der Waals surface area contributed by atoms with Crippen LogP contribution in [0.15, 0.2) is 23.6 Å². The van der Waals surface area contributed by atoms with Crippen molar-refractivity contribution in [3.05, 3.63) is 29.3 Å². The van der Waals surface area contributed by atoms with Gasteiger partial charge in [-0.25, -0.2) is 4.79 Å². The molecular formula is C13H15N3O4S. The molecule has 2 aromatic heterocycles. The second-order valence-electron chi connectivity index (χ2n) is 4.29. The molecule has 2 rings (SSSR count). The highest BCUT2D eigenvalue weighted by Crippen LogP contribution is 2.22.